The first-order chi connectivity index (χ1) is 8.97. The summed E-state index contributed by atoms with van der Waals surface area (Å²) < 4.78 is 13.0. The third-order valence-corrected chi connectivity index (χ3v) is 2.78. The fourth-order valence-electron chi connectivity index (χ4n) is 2.03. The van der Waals surface area contributed by atoms with Crippen molar-refractivity contribution in [3.63, 3.8) is 0 Å². The Hall–Kier alpha value is -2.24. The number of anilines is 1. The van der Waals surface area contributed by atoms with Gasteiger partial charge >= 0.3 is 0 Å². The molecule has 100 valence electrons. The van der Waals surface area contributed by atoms with Gasteiger partial charge < -0.3 is 10.3 Å². The maximum atomic E-state index is 13.0. The van der Waals surface area contributed by atoms with E-state index in [1.807, 2.05) is 0 Å². The zero-order valence-corrected chi connectivity index (χ0v) is 11.0. The van der Waals surface area contributed by atoms with Crippen molar-refractivity contribution in [1.29, 1.82) is 0 Å². The Labute approximate surface area is 109 Å². The van der Waals surface area contributed by atoms with E-state index in [1.165, 1.54) is 6.07 Å². The van der Waals surface area contributed by atoms with Crippen molar-refractivity contribution in [2.45, 2.75) is 26.8 Å². The normalized spacial score (nSPS) is 12.2. The Kier molecular flexibility index (Phi) is 3.59. The van der Waals surface area contributed by atoms with Gasteiger partial charge in [-0.2, -0.15) is 4.39 Å². The number of nitrogens with one attached hydrogen (secondary N) is 2. The van der Waals surface area contributed by atoms with Crippen LogP contribution in [0.4, 0.5) is 10.2 Å². The van der Waals surface area contributed by atoms with E-state index in [-0.39, 0.29) is 11.6 Å². The largest absolute Gasteiger partial charge is 0.363 e. The third kappa shape index (κ3) is 2.96. The molecule has 6 heteroatoms. The first-order valence-electron chi connectivity index (χ1n) is 5.94. The van der Waals surface area contributed by atoms with E-state index in [0.29, 0.717) is 22.9 Å². The average molecular weight is 262 g/mol. The molecule has 5 nitrogen and oxygen atoms in total. The van der Waals surface area contributed by atoms with E-state index < -0.39 is 5.95 Å². The van der Waals surface area contributed by atoms with Crippen LogP contribution in [-0.2, 0) is 0 Å². The van der Waals surface area contributed by atoms with E-state index in [1.54, 1.807) is 32.9 Å². The molecule has 2 aromatic heterocycles. The van der Waals surface area contributed by atoms with E-state index in [9.17, 15) is 9.18 Å². The summed E-state index contributed by atoms with van der Waals surface area (Å²) in [5.41, 5.74) is 0.982. The van der Waals surface area contributed by atoms with Gasteiger partial charge in [-0.25, -0.2) is 9.97 Å². The zero-order valence-electron chi connectivity index (χ0n) is 11.0. The van der Waals surface area contributed by atoms with Crippen molar-refractivity contribution in [3.05, 3.63) is 51.6 Å². The molecule has 1 unspecified atom stereocenters. The van der Waals surface area contributed by atoms with Crippen molar-refractivity contribution in [2.75, 3.05) is 5.32 Å². The van der Waals surface area contributed by atoms with Gasteiger partial charge in [0.05, 0.1) is 17.3 Å². The summed E-state index contributed by atoms with van der Waals surface area (Å²) in [6.45, 7) is 5.31. The maximum Gasteiger partial charge on any atom is 0.256 e. The minimum absolute atomic E-state index is 0.193. The highest BCUT2D eigenvalue weighted by atomic mass is 19.1. The van der Waals surface area contributed by atoms with E-state index in [4.69, 9.17) is 0 Å². The first-order valence-corrected chi connectivity index (χ1v) is 5.94. The van der Waals surface area contributed by atoms with Crippen molar-refractivity contribution in [2.24, 2.45) is 0 Å². The Morgan fingerprint density at radius 1 is 1.32 bits per heavy atom. The van der Waals surface area contributed by atoms with Gasteiger partial charge in [0, 0.05) is 0 Å². The van der Waals surface area contributed by atoms with Crippen LogP contribution in [0.25, 0.3) is 0 Å². The fraction of sp³-hybridized carbons (Fsp3) is 0.308. The molecule has 19 heavy (non-hydrogen) atoms. The van der Waals surface area contributed by atoms with Gasteiger partial charge in [-0.1, -0.05) is 6.07 Å². The second-order valence-electron chi connectivity index (χ2n) is 4.36. The summed E-state index contributed by atoms with van der Waals surface area (Å²) in [6.07, 6.45) is 0. The van der Waals surface area contributed by atoms with Crippen LogP contribution in [0.5, 0.6) is 0 Å². The predicted octanol–water partition coefficient (Wildman–Crippen LogP) is 2.09. The number of nitrogens with zero attached hydrogens (tertiary/aromatic N) is 2. The average Bonchev–Trinajstić information content (AvgIpc) is 2.27. The first kappa shape index (κ1) is 13.2. The molecule has 0 spiro atoms. The van der Waals surface area contributed by atoms with E-state index >= 15 is 0 Å². The molecular formula is C13H15FN4O. The Bertz CT molecular complexity index is 653. The van der Waals surface area contributed by atoms with Gasteiger partial charge in [-0.15, -0.1) is 0 Å². The molecular weight excluding hydrogens is 247 g/mol. The Balaban J connectivity index is 2.30. The summed E-state index contributed by atoms with van der Waals surface area (Å²) in [4.78, 5) is 22.5. The van der Waals surface area contributed by atoms with Crippen LogP contribution in [-0.4, -0.2) is 15.0 Å². The van der Waals surface area contributed by atoms with Gasteiger partial charge in [-0.05, 0) is 32.9 Å². The van der Waals surface area contributed by atoms with E-state index in [2.05, 4.69) is 20.3 Å². The lowest BCUT2D eigenvalue weighted by Gasteiger charge is -2.15. The van der Waals surface area contributed by atoms with Crippen LogP contribution < -0.4 is 10.9 Å². The van der Waals surface area contributed by atoms with Crippen LogP contribution in [0, 0.1) is 19.8 Å². The highest BCUT2D eigenvalue weighted by Crippen LogP contribution is 2.16. The predicted molar refractivity (Wildman–Crippen MR) is 70.6 cm³/mol. The van der Waals surface area contributed by atoms with Crippen LogP contribution in [0.3, 0.4) is 0 Å². The second kappa shape index (κ2) is 5.17. The SMILES string of the molecule is Cc1nc(C)c(C(C)Nc2cccc(F)n2)c(=O)[nH]1. The Morgan fingerprint density at radius 3 is 2.68 bits per heavy atom. The number of aromatic nitrogens is 3. The van der Waals surface area contributed by atoms with Crippen molar-refractivity contribution >= 4 is 5.82 Å². The topological polar surface area (TPSA) is 70.7 Å². The number of rotatable bonds is 3. The maximum absolute atomic E-state index is 13.0. The fourth-order valence-corrected chi connectivity index (χ4v) is 2.03. The van der Waals surface area contributed by atoms with Gasteiger partial charge in [-0.3, -0.25) is 4.79 Å². The van der Waals surface area contributed by atoms with Crippen LogP contribution in [0.1, 0.15) is 30.0 Å². The van der Waals surface area contributed by atoms with Crippen LogP contribution in [0.2, 0.25) is 0 Å². The lowest BCUT2D eigenvalue weighted by atomic mass is 10.1. The van der Waals surface area contributed by atoms with E-state index in [0.717, 1.165) is 0 Å². The monoisotopic (exact) mass is 262 g/mol. The molecule has 0 bridgehead atoms. The third-order valence-electron chi connectivity index (χ3n) is 2.78. The summed E-state index contributed by atoms with van der Waals surface area (Å²) >= 11 is 0. The van der Waals surface area contributed by atoms with Crippen molar-refractivity contribution < 1.29 is 4.39 Å². The number of pyridine rings is 1. The quantitative estimate of drug-likeness (QED) is 0.831. The minimum atomic E-state index is -0.565. The molecule has 0 fully saturated rings. The molecule has 0 aliphatic heterocycles. The number of H-pyrrole nitrogens is 1. The van der Waals surface area contributed by atoms with Crippen molar-refractivity contribution in [3.8, 4) is 0 Å². The minimum Gasteiger partial charge on any atom is -0.363 e. The Morgan fingerprint density at radius 2 is 2.05 bits per heavy atom. The van der Waals surface area contributed by atoms with Gasteiger partial charge in [0.25, 0.3) is 5.56 Å². The molecule has 2 rings (SSSR count). The van der Waals surface area contributed by atoms with Gasteiger partial charge in [0.15, 0.2) is 0 Å². The second-order valence-corrected chi connectivity index (χ2v) is 4.36. The summed E-state index contributed by atoms with van der Waals surface area (Å²) in [5.74, 6) is 0.388. The highest BCUT2D eigenvalue weighted by molar-refractivity contribution is 5.38. The lowest BCUT2D eigenvalue weighted by Crippen LogP contribution is -2.23. The van der Waals surface area contributed by atoms with Crippen LogP contribution >= 0.6 is 0 Å². The molecule has 2 aromatic rings. The molecule has 0 saturated heterocycles. The molecule has 2 N–H and O–H groups in total. The molecule has 0 radical (unpaired) electrons. The number of halogens is 1. The molecule has 2 heterocycles. The smallest absolute Gasteiger partial charge is 0.256 e. The lowest BCUT2D eigenvalue weighted by molar-refractivity contribution is 0.584. The summed E-state index contributed by atoms with van der Waals surface area (Å²) in [5, 5.41) is 2.99. The molecule has 0 aromatic carbocycles. The highest BCUT2D eigenvalue weighted by Gasteiger charge is 2.15. The summed E-state index contributed by atoms with van der Waals surface area (Å²) in [7, 11) is 0. The zero-order chi connectivity index (χ0) is 14.0. The standard InChI is InChI=1S/C13H15FN4O/c1-7-12(13(19)17-9(3)15-7)8(2)16-11-6-4-5-10(14)18-11/h4-6,8H,1-3H3,(H,16,18)(H,15,17,19). The molecule has 0 aliphatic rings. The molecule has 0 saturated carbocycles. The molecule has 0 aliphatic carbocycles. The molecule has 0 amide bonds. The molecule has 1 atom stereocenters. The summed E-state index contributed by atoms with van der Waals surface area (Å²) in [6, 6.07) is 4.15. The van der Waals surface area contributed by atoms with Gasteiger partial charge in [0.1, 0.15) is 11.6 Å². The number of hydrogen-bond acceptors (Lipinski definition) is 4. The number of hydrogen-bond donors (Lipinski definition) is 2. The van der Waals surface area contributed by atoms with Crippen molar-refractivity contribution in [1.82, 2.24) is 15.0 Å². The van der Waals surface area contributed by atoms with Crippen LogP contribution in [0.15, 0.2) is 23.0 Å². The van der Waals surface area contributed by atoms with Gasteiger partial charge in [0.2, 0.25) is 5.95 Å². The number of aryl methyl sites for hydroxylation is 2. The number of aromatic amines is 1.